The number of rotatable bonds is 7. The monoisotopic (exact) mass is 334 g/mol. The van der Waals surface area contributed by atoms with Crippen molar-refractivity contribution >= 4 is 28.9 Å². The van der Waals surface area contributed by atoms with Crippen LogP contribution in [0.3, 0.4) is 0 Å². The number of carbonyl (C=O) groups excluding carboxylic acids is 1. The van der Waals surface area contributed by atoms with Gasteiger partial charge in [0.1, 0.15) is 11.5 Å². The Labute approximate surface area is 140 Å². The summed E-state index contributed by atoms with van der Waals surface area (Å²) in [5.41, 5.74) is 1.38. The molecule has 0 aliphatic heterocycles. The van der Waals surface area contributed by atoms with Crippen molar-refractivity contribution in [2.45, 2.75) is 6.92 Å². The minimum atomic E-state index is -0.170. The molecule has 2 N–H and O–H groups in total. The van der Waals surface area contributed by atoms with E-state index in [4.69, 9.17) is 21.1 Å². The van der Waals surface area contributed by atoms with Crippen LogP contribution in [0.15, 0.2) is 42.5 Å². The molecule has 23 heavy (non-hydrogen) atoms. The molecule has 5 nitrogen and oxygen atoms in total. The second-order valence-electron chi connectivity index (χ2n) is 4.70. The van der Waals surface area contributed by atoms with Gasteiger partial charge < -0.3 is 20.1 Å². The summed E-state index contributed by atoms with van der Waals surface area (Å²) in [5, 5.41) is 6.38. The standard InChI is InChI=1S/C17H19ClN2O3/c1-3-23-14-7-5-13(6-8-14)20-17(21)11-19-15-10-12(18)4-9-16(15)22-2/h4-10,19H,3,11H2,1-2H3,(H,20,21). The summed E-state index contributed by atoms with van der Waals surface area (Å²) in [4.78, 5) is 12.0. The Hall–Kier alpha value is -2.40. The van der Waals surface area contributed by atoms with Gasteiger partial charge in [-0.3, -0.25) is 4.79 Å². The number of anilines is 2. The third-order valence-electron chi connectivity index (χ3n) is 3.05. The molecule has 0 saturated carbocycles. The first-order chi connectivity index (χ1) is 11.1. The highest BCUT2D eigenvalue weighted by Gasteiger charge is 2.07. The topological polar surface area (TPSA) is 59.6 Å². The second-order valence-corrected chi connectivity index (χ2v) is 5.14. The van der Waals surface area contributed by atoms with Crippen molar-refractivity contribution in [3.63, 3.8) is 0 Å². The van der Waals surface area contributed by atoms with Crippen LogP contribution < -0.4 is 20.1 Å². The zero-order valence-corrected chi connectivity index (χ0v) is 13.8. The van der Waals surface area contributed by atoms with Crippen LogP contribution in [0.2, 0.25) is 5.02 Å². The highest BCUT2D eigenvalue weighted by Crippen LogP contribution is 2.27. The molecule has 2 rings (SSSR count). The van der Waals surface area contributed by atoms with Crippen LogP contribution in [0.25, 0.3) is 0 Å². The molecule has 0 aliphatic carbocycles. The first-order valence-electron chi connectivity index (χ1n) is 7.22. The molecular weight excluding hydrogens is 316 g/mol. The number of hydrogen-bond donors (Lipinski definition) is 2. The van der Waals surface area contributed by atoms with Crippen LogP contribution in [0, 0.1) is 0 Å². The molecule has 0 bridgehead atoms. The van der Waals surface area contributed by atoms with E-state index in [0.29, 0.717) is 28.8 Å². The van der Waals surface area contributed by atoms with Crippen molar-refractivity contribution in [1.29, 1.82) is 0 Å². The molecule has 0 aliphatic rings. The number of carbonyl (C=O) groups is 1. The summed E-state index contributed by atoms with van der Waals surface area (Å²) in [6.07, 6.45) is 0. The van der Waals surface area contributed by atoms with Gasteiger partial charge in [-0.25, -0.2) is 0 Å². The van der Waals surface area contributed by atoms with E-state index in [2.05, 4.69) is 10.6 Å². The molecule has 0 atom stereocenters. The summed E-state index contributed by atoms with van der Waals surface area (Å²) in [7, 11) is 1.56. The molecule has 0 unspecified atom stereocenters. The van der Waals surface area contributed by atoms with Crippen LogP contribution in [-0.2, 0) is 4.79 Å². The van der Waals surface area contributed by atoms with E-state index in [1.54, 1.807) is 37.4 Å². The zero-order valence-electron chi connectivity index (χ0n) is 13.1. The SMILES string of the molecule is CCOc1ccc(NC(=O)CNc2cc(Cl)ccc2OC)cc1. The fourth-order valence-electron chi connectivity index (χ4n) is 2.00. The number of halogens is 1. The van der Waals surface area contributed by atoms with E-state index in [9.17, 15) is 4.79 Å². The molecule has 0 heterocycles. The minimum Gasteiger partial charge on any atom is -0.495 e. The second kappa shape index (κ2) is 8.29. The van der Waals surface area contributed by atoms with E-state index in [1.807, 2.05) is 19.1 Å². The molecule has 0 spiro atoms. The van der Waals surface area contributed by atoms with Gasteiger partial charge in [0, 0.05) is 10.7 Å². The lowest BCUT2D eigenvalue weighted by molar-refractivity contribution is -0.114. The van der Waals surface area contributed by atoms with E-state index >= 15 is 0 Å². The van der Waals surface area contributed by atoms with Gasteiger partial charge in [0.25, 0.3) is 0 Å². The largest absolute Gasteiger partial charge is 0.495 e. The lowest BCUT2D eigenvalue weighted by atomic mass is 10.3. The predicted molar refractivity (Wildman–Crippen MR) is 92.7 cm³/mol. The Kier molecular flexibility index (Phi) is 6.11. The first kappa shape index (κ1) is 17.0. The van der Waals surface area contributed by atoms with E-state index in [-0.39, 0.29) is 12.5 Å². The van der Waals surface area contributed by atoms with Crippen molar-refractivity contribution in [1.82, 2.24) is 0 Å². The van der Waals surface area contributed by atoms with E-state index in [0.717, 1.165) is 5.75 Å². The third-order valence-corrected chi connectivity index (χ3v) is 3.29. The Morgan fingerprint density at radius 1 is 1.17 bits per heavy atom. The highest BCUT2D eigenvalue weighted by atomic mass is 35.5. The average molecular weight is 335 g/mol. The summed E-state index contributed by atoms with van der Waals surface area (Å²) in [6.45, 7) is 2.63. The minimum absolute atomic E-state index is 0.101. The molecule has 0 fully saturated rings. The number of amides is 1. The summed E-state index contributed by atoms with van der Waals surface area (Å²) in [5.74, 6) is 1.23. The normalized spacial score (nSPS) is 10.0. The maximum absolute atomic E-state index is 12.0. The smallest absolute Gasteiger partial charge is 0.243 e. The maximum atomic E-state index is 12.0. The van der Waals surface area contributed by atoms with Gasteiger partial charge in [-0.1, -0.05) is 11.6 Å². The number of ether oxygens (including phenoxy) is 2. The fraction of sp³-hybridized carbons (Fsp3) is 0.235. The van der Waals surface area contributed by atoms with Crippen LogP contribution in [0.1, 0.15) is 6.92 Å². The Balaban J connectivity index is 1.91. The van der Waals surface area contributed by atoms with Gasteiger partial charge in [-0.2, -0.15) is 0 Å². The van der Waals surface area contributed by atoms with Gasteiger partial charge in [0.2, 0.25) is 5.91 Å². The van der Waals surface area contributed by atoms with Crippen molar-refractivity contribution < 1.29 is 14.3 Å². The van der Waals surface area contributed by atoms with Crippen molar-refractivity contribution in [2.75, 3.05) is 30.9 Å². The molecular formula is C17H19ClN2O3. The summed E-state index contributed by atoms with van der Waals surface area (Å²) in [6, 6.07) is 12.4. The van der Waals surface area contributed by atoms with Gasteiger partial charge in [0.15, 0.2) is 0 Å². The van der Waals surface area contributed by atoms with Crippen LogP contribution >= 0.6 is 11.6 Å². The predicted octanol–water partition coefficient (Wildman–Crippen LogP) is 3.80. The fourth-order valence-corrected chi connectivity index (χ4v) is 2.17. The Morgan fingerprint density at radius 3 is 2.57 bits per heavy atom. The molecule has 0 saturated heterocycles. The molecule has 6 heteroatoms. The molecule has 0 aromatic heterocycles. The molecule has 1 amide bonds. The Bertz CT molecular complexity index is 659. The number of benzene rings is 2. The molecule has 2 aromatic rings. The quantitative estimate of drug-likeness (QED) is 0.808. The van der Waals surface area contributed by atoms with Crippen molar-refractivity contribution in [3.05, 3.63) is 47.5 Å². The van der Waals surface area contributed by atoms with E-state index in [1.165, 1.54) is 0 Å². The molecule has 0 radical (unpaired) electrons. The number of nitrogens with one attached hydrogen (secondary N) is 2. The van der Waals surface area contributed by atoms with Gasteiger partial charge in [-0.15, -0.1) is 0 Å². The molecule has 2 aromatic carbocycles. The number of hydrogen-bond acceptors (Lipinski definition) is 4. The number of methoxy groups -OCH3 is 1. The third kappa shape index (κ3) is 5.07. The lowest BCUT2D eigenvalue weighted by Gasteiger charge is -2.12. The van der Waals surface area contributed by atoms with Crippen LogP contribution in [-0.4, -0.2) is 26.2 Å². The van der Waals surface area contributed by atoms with Crippen LogP contribution in [0.5, 0.6) is 11.5 Å². The highest BCUT2D eigenvalue weighted by molar-refractivity contribution is 6.30. The average Bonchev–Trinajstić information content (AvgIpc) is 2.55. The maximum Gasteiger partial charge on any atom is 0.243 e. The zero-order chi connectivity index (χ0) is 16.7. The van der Waals surface area contributed by atoms with Crippen molar-refractivity contribution in [3.8, 4) is 11.5 Å². The van der Waals surface area contributed by atoms with Gasteiger partial charge in [0.05, 0.1) is 25.9 Å². The van der Waals surface area contributed by atoms with Crippen LogP contribution in [0.4, 0.5) is 11.4 Å². The van der Waals surface area contributed by atoms with Gasteiger partial charge in [-0.05, 0) is 49.4 Å². The molecule has 122 valence electrons. The van der Waals surface area contributed by atoms with Crippen molar-refractivity contribution in [2.24, 2.45) is 0 Å². The first-order valence-corrected chi connectivity index (χ1v) is 7.60. The summed E-state index contributed by atoms with van der Waals surface area (Å²) < 4.78 is 10.6. The summed E-state index contributed by atoms with van der Waals surface area (Å²) >= 11 is 5.95. The lowest BCUT2D eigenvalue weighted by Crippen LogP contribution is -2.21. The van der Waals surface area contributed by atoms with E-state index < -0.39 is 0 Å². The van der Waals surface area contributed by atoms with Gasteiger partial charge >= 0.3 is 0 Å². The Morgan fingerprint density at radius 2 is 1.91 bits per heavy atom.